The van der Waals surface area contributed by atoms with E-state index in [-0.39, 0.29) is 11.5 Å². The summed E-state index contributed by atoms with van der Waals surface area (Å²) in [6.07, 6.45) is 3.34. The molecule has 0 saturated carbocycles. The van der Waals surface area contributed by atoms with Crippen molar-refractivity contribution in [2.75, 3.05) is 11.9 Å². The average Bonchev–Trinajstić information content (AvgIpc) is 2.64. The van der Waals surface area contributed by atoms with Crippen molar-refractivity contribution >= 4 is 21.7 Å². The molecular formula is C20H20BrN3O. The number of benzene rings is 2. The maximum atomic E-state index is 12.7. The zero-order valence-electron chi connectivity index (χ0n) is 14.2. The van der Waals surface area contributed by atoms with Crippen molar-refractivity contribution in [3.63, 3.8) is 0 Å². The summed E-state index contributed by atoms with van der Waals surface area (Å²) in [7, 11) is 0. The molecule has 0 bridgehead atoms. The first kappa shape index (κ1) is 17.4. The van der Waals surface area contributed by atoms with Gasteiger partial charge < -0.3 is 5.32 Å². The summed E-state index contributed by atoms with van der Waals surface area (Å²) in [5, 5.41) is 3.19. The summed E-state index contributed by atoms with van der Waals surface area (Å²) in [4.78, 5) is 17.0. The van der Waals surface area contributed by atoms with Gasteiger partial charge in [0.15, 0.2) is 5.82 Å². The summed E-state index contributed by atoms with van der Waals surface area (Å²) in [6.45, 7) is 4.78. The van der Waals surface area contributed by atoms with Crippen molar-refractivity contribution in [3.05, 3.63) is 86.9 Å². The third-order valence-electron chi connectivity index (χ3n) is 4.20. The molecule has 128 valence electrons. The molecule has 0 unspecified atom stereocenters. The van der Waals surface area contributed by atoms with Gasteiger partial charge in [-0.25, -0.2) is 4.98 Å². The highest BCUT2D eigenvalue weighted by Crippen LogP contribution is 2.19. The van der Waals surface area contributed by atoms with Crippen LogP contribution >= 0.6 is 15.9 Å². The van der Waals surface area contributed by atoms with Gasteiger partial charge in [0.1, 0.15) is 0 Å². The number of aromatic nitrogens is 2. The van der Waals surface area contributed by atoms with E-state index in [1.165, 1.54) is 5.56 Å². The van der Waals surface area contributed by atoms with Crippen LogP contribution in [0, 0.1) is 6.92 Å². The predicted molar refractivity (Wildman–Crippen MR) is 106 cm³/mol. The van der Waals surface area contributed by atoms with Gasteiger partial charge in [-0.2, -0.15) is 0 Å². The number of anilines is 1. The molecule has 4 nitrogen and oxygen atoms in total. The van der Waals surface area contributed by atoms with E-state index in [2.05, 4.69) is 45.3 Å². The number of hydrogen-bond acceptors (Lipinski definition) is 3. The standard InChI is InChI=1S/C20H20BrN3O/c1-14-12-17(8-9-18(14)21)24-11-10-22-19(20(24)25)23-13-15(2)16-6-4-3-5-7-16/h3-12,15H,13H2,1-2H3,(H,22,23)/t15-/m0/s1. The second-order valence-electron chi connectivity index (χ2n) is 6.08. The predicted octanol–water partition coefficient (Wildman–Crippen LogP) is 4.52. The van der Waals surface area contributed by atoms with E-state index in [1.807, 2.05) is 43.3 Å². The Bertz CT molecular complexity index is 922. The molecule has 2 aromatic carbocycles. The first-order valence-corrected chi connectivity index (χ1v) is 8.98. The Labute approximate surface area is 155 Å². The lowest BCUT2D eigenvalue weighted by molar-refractivity contribution is 0.796. The molecule has 1 atom stereocenters. The van der Waals surface area contributed by atoms with Crippen LogP contribution in [0.3, 0.4) is 0 Å². The van der Waals surface area contributed by atoms with E-state index < -0.39 is 0 Å². The highest BCUT2D eigenvalue weighted by Gasteiger charge is 2.10. The van der Waals surface area contributed by atoms with Crippen LogP contribution in [0.4, 0.5) is 5.82 Å². The monoisotopic (exact) mass is 397 g/mol. The van der Waals surface area contributed by atoms with Gasteiger partial charge in [-0.15, -0.1) is 0 Å². The van der Waals surface area contributed by atoms with Gasteiger partial charge in [0, 0.05) is 29.1 Å². The SMILES string of the molecule is Cc1cc(-n2ccnc(NC[C@H](C)c3ccccc3)c2=O)ccc1Br. The van der Waals surface area contributed by atoms with Gasteiger partial charge in [0.25, 0.3) is 5.56 Å². The number of nitrogens with zero attached hydrogens (tertiary/aromatic N) is 2. The topological polar surface area (TPSA) is 46.9 Å². The maximum absolute atomic E-state index is 12.7. The molecule has 3 rings (SSSR count). The second kappa shape index (κ2) is 7.66. The minimum Gasteiger partial charge on any atom is -0.365 e. The highest BCUT2D eigenvalue weighted by molar-refractivity contribution is 9.10. The first-order chi connectivity index (χ1) is 12.1. The Morgan fingerprint density at radius 3 is 2.68 bits per heavy atom. The maximum Gasteiger partial charge on any atom is 0.297 e. The summed E-state index contributed by atoms with van der Waals surface area (Å²) < 4.78 is 2.63. The molecule has 0 radical (unpaired) electrons. The number of nitrogens with one attached hydrogen (secondary N) is 1. The van der Waals surface area contributed by atoms with Crippen LogP contribution in [-0.4, -0.2) is 16.1 Å². The number of halogens is 1. The van der Waals surface area contributed by atoms with Crippen LogP contribution in [-0.2, 0) is 0 Å². The lowest BCUT2D eigenvalue weighted by Crippen LogP contribution is -2.24. The van der Waals surface area contributed by atoms with E-state index in [0.717, 1.165) is 15.7 Å². The number of rotatable bonds is 5. The van der Waals surface area contributed by atoms with E-state index >= 15 is 0 Å². The first-order valence-electron chi connectivity index (χ1n) is 8.19. The largest absolute Gasteiger partial charge is 0.365 e. The van der Waals surface area contributed by atoms with Gasteiger partial charge in [0.2, 0.25) is 0 Å². The molecule has 0 fully saturated rings. The molecule has 0 saturated heterocycles. The van der Waals surface area contributed by atoms with Gasteiger partial charge in [0.05, 0.1) is 0 Å². The number of aryl methyl sites for hydroxylation is 1. The summed E-state index contributed by atoms with van der Waals surface area (Å²) in [6, 6.07) is 16.1. The Balaban J connectivity index is 1.82. The van der Waals surface area contributed by atoms with Gasteiger partial charge >= 0.3 is 0 Å². The van der Waals surface area contributed by atoms with Crippen LogP contribution in [0.15, 0.2) is 70.2 Å². The van der Waals surface area contributed by atoms with Crippen molar-refractivity contribution in [2.24, 2.45) is 0 Å². The summed E-state index contributed by atoms with van der Waals surface area (Å²) >= 11 is 3.49. The zero-order valence-corrected chi connectivity index (χ0v) is 15.8. The molecule has 0 aliphatic heterocycles. The molecule has 1 N–H and O–H groups in total. The lowest BCUT2D eigenvalue weighted by atomic mass is 10.0. The minimum atomic E-state index is -0.149. The molecule has 0 amide bonds. The fourth-order valence-corrected chi connectivity index (χ4v) is 2.91. The van der Waals surface area contributed by atoms with Crippen LogP contribution in [0.25, 0.3) is 5.69 Å². The average molecular weight is 398 g/mol. The molecule has 0 spiro atoms. The molecule has 3 aromatic rings. The van der Waals surface area contributed by atoms with E-state index in [0.29, 0.717) is 12.4 Å². The minimum absolute atomic E-state index is 0.149. The van der Waals surface area contributed by atoms with Crippen LogP contribution < -0.4 is 10.9 Å². The lowest BCUT2D eigenvalue weighted by Gasteiger charge is -2.14. The fraction of sp³-hybridized carbons (Fsp3) is 0.200. The quantitative estimate of drug-likeness (QED) is 0.688. The highest BCUT2D eigenvalue weighted by atomic mass is 79.9. The molecular weight excluding hydrogens is 378 g/mol. The van der Waals surface area contributed by atoms with Crippen molar-refractivity contribution in [3.8, 4) is 5.69 Å². The van der Waals surface area contributed by atoms with Gasteiger partial charge in [-0.3, -0.25) is 9.36 Å². The molecule has 1 aromatic heterocycles. The molecule has 5 heteroatoms. The third kappa shape index (κ3) is 3.99. The normalized spacial score (nSPS) is 12.0. The van der Waals surface area contributed by atoms with Crippen molar-refractivity contribution in [1.29, 1.82) is 0 Å². The Kier molecular flexibility index (Phi) is 5.34. The molecule has 0 aliphatic rings. The van der Waals surface area contributed by atoms with Crippen molar-refractivity contribution in [1.82, 2.24) is 9.55 Å². The summed E-state index contributed by atoms with van der Waals surface area (Å²) in [5.74, 6) is 0.650. The molecule has 0 aliphatic carbocycles. The smallest absolute Gasteiger partial charge is 0.297 e. The Morgan fingerprint density at radius 2 is 1.96 bits per heavy atom. The fourth-order valence-electron chi connectivity index (χ4n) is 2.66. The second-order valence-corrected chi connectivity index (χ2v) is 6.93. The zero-order chi connectivity index (χ0) is 17.8. The Morgan fingerprint density at radius 1 is 1.20 bits per heavy atom. The van der Waals surface area contributed by atoms with Crippen LogP contribution in [0.5, 0.6) is 0 Å². The van der Waals surface area contributed by atoms with Gasteiger partial charge in [-0.1, -0.05) is 53.2 Å². The van der Waals surface area contributed by atoms with Crippen molar-refractivity contribution in [2.45, 2.75) is 19.8 Å². The molecule has 1 heterocycles. The van der Waals surface area contributed by atoms with E-state index in [9.17, 15) is 4.79 Å². The van der Waals surface area contributed by atoms with Gasteiger partial charge in [-0.05, 0) is 42.2 Å². The van der Waals surface area contributed by atoms with E-state index in [4.69, 9.17) is 0 Å². The summed E-state index contributed by atoms with van der Waals surface area (Å²) in [5.41, 5.74) is 2.99. The third-order valence-corrected chi connectivity index (χ3v) is 5.09. The van der Waals surface area contributed by atoms with Crippen molar-refractivity contribution < 1.29 is 0 Å². The number of hydrogen-bond donors (Lipinski definition) is 1. The van der Waals surface area contributed by atoms with Crippen LogP contribution in [0.1, 0.15) is 24.0 Å². The van der Waals surface area contributed by atoms with E-state index in [1.54, 1.807) is 17.0 Å². The molecule has 25 heavy (non-hydrogen) atoms. The van der Waals surface area contributed by atoms with Crippen LogP contribution in [0.2, 0.25) is 0 Å². The Hall–Kier alpha value is -2.40.